The van der Waals surface area contributed by atoms with Gasteiger partial charge in [-0.15, -0.1) is 0 Å². The highest BCUT2D eigenvalue weighted by molar-refractivity contribution is 6.14. The molecule has 0 aromatic heterocycles. The summed E-state index contributed by atoms with van der Waals surface area (Å²) in [7, 11) is 3.15. The molecule has 0 unspecified atom stereocenters. The summed E-state index contributed by atoms with van der Waals surface area (Å²) < 4.78 is 21.7. The Hall–Kier alpha value is -2.95. The Kier molecular flexibility index (Phi) is 4.42. The zero-order chi connectivity index (χ0) is 17.1. The lowest BCUT2D eigenvalue weighted by atomic mass is 10.1. The van der Waals surface area contributed by atoms with E-state index in [-0.39, 0.29) is 11.5 Å². The average molecular weight is 326 g/mol. The first kappa shape index (κ1) is 15.9. The molecule has 2 aromatic rings. The molecule has 0 aliphatic carbocycles. The number of carbonyl (C=O) groups is 1. The minimum atomic E-state index is -0.161. The van der Waals surface area contributed by atoms with Crippen LogP contribution in [0.5, 0.6) is 23.0 Å². The van der Waals surface area contributed by atoms with Gasteiger partial charge >= 0.3 is 0 Å². The standard InChI is InChI=1S/C19H18O5/c1-4-23-14-7-8-15-17(11-14)24-18(19(15)20)9-12-5-6-13(21-2)10-16(12)22-3/h5-11H,4H2,1-3H3/b18-9+. The molecular formula is C19H18O5. The van der Waals surface area contributed by atoms with Gasteiger partial charge in [-0.2, -0.15) is 0 Å². The predicted octanol–water partition coefficient (Wildman–Crippen LogP) is 3.72. The molecule has 0 atom stereocenters. The van der Waals surface area contributed by atoms with Crippen molar-refractivity contribution in [3.63, 3.8) is 0 Å². The summed E-state index contributed by atoms with van der Waals surface area (Å²) in [5, 5.41) is 0. The zero-order valence-electron chi connectivity index (χ0n) is 13.8. The first-order valence-corrected chi connectivity index (χ1v) is 7.59. The van der Waals surface area contributed by atoms with E-state index in [1.54, 1.807) is 50.6 Å². The third-order valence-corrected chi connectivity index (χ3v) is 3.68. The van der Waals surface area contributed by atoms with E-state index >= 15 is 0 Å². The lowest BCUT2D eigenvalue weighted by Gasteiger charge is -2.08. The van der Waals surface area contributed by atoms with Crippen LogP contribution in [0.4, 0.5) is 0 Å². The van der Waals surface area contributed by atoms with Crippen molar-refractivity contribution < 1.29 is 23.7 Å². The van der Waals surface area contributed by atoms with Crippen LogP contribution in [-0.2, 0) is 0 Å². The molecule has 0 radical (unpaired) electrons. The predicted molar refractivity (Wildman–Crippen MR) is 90.1 cm³/mol. The van der Waals surface area contributed by atoms with Crippen molar-refractivity contribution in [1.29, 1.82) is 0 Å². The van der Waals surface area contributed by atoms with E-state index in [0.717, 1.165) is 5.56 Å². The van der Waals surface area contributed by atoms with E-state index in [0.29, 0.717) is 35.2 Å². The second-order valence-corrected chi connectivity index (χ2v) is 5.14. The Bertz CT molecular complexity index is 807. The van der Waals surface area contributed by atoms with Crippen LogP contribution in [0.15, 0.2) is 42.2 Å². The van der Waals surface area contributed by atoms with Crippen LogP contribution >= 0.6 is 0 Å². The number of ketones is 1. The van der Waals surface area contributed by atoms with Crippen LogP contribution in [0.25, 0.3) is 6.08 Å². The average Bonchev–Trinajstić information content (AvgIpc) is 2.91. The Morgan fingerprint density at radius 1 is 1.04 bits per heavy atom. The van der Waals surface area contributed by atoms with E-state index in [1.807, 2.05) is 13.0 Å². The number of benzene rings is 2. The third-order valence-electron chi connectivity index (χ3n) is 3.68. The Balaban J connectivity index is 1.94. The van der Waals surface area contributed by atoms with Crippen molar-refractivity contribution >= 4 is 11.9 Å². The van der Waals surface area contributed by atoms with Gasteiger partial charge in [0.25, 0.3) is 0 Å². The summed E-state index contributed by atoms with van der Waals surface area (Å²) >= 11 is 0. The van der Waals surface area contributed by atoms with Gasteiger partial charge in [0.05, 0.1) is 26.4 Å². The Morgan fingerprint density at radius 3 is 2.54 bits per heavy atom. The van der Waals surface area contributed by atoms with E-state index in [4.69, 9.17) is 18.9 Å². The molecule has 5 heteroatoms. The summed E-state index contributed by atoms with van der Waals surface area (Å²) in [6, 6.07) is 10.6. The molecule has 24 heavy (non-hydrogen) atoms. The van der Waals surface area contributed by atoms with Crippen molar-refractivity contribution in [3.05, 3.63) is 53.3 Å². The molecule has 1 aliphatic rings. The number of rotatable bonds is 5. The molecule has 0 spiro atoms. The number of hydrogen-bond acceptors (Lipinski definition) is 5. The fraction of sp³-hybridized carbons (Fsp3) is 0.211. The number of methoxy groups -OCH3 is 2. The number of hydrogen-bond donors (Lipinski definition) is 0. The van der Waals surface area contributed by atoms with E-state index < -0.39 is 0 Å². The van der Waals surface area contributed by atoms with Crippen molar-refractivity contribution in [2.75, 3.05) is 20.8 Å². The summed E-state index contributed by atoms with van der Waals surface area (Å²) in [6.45, 7) is 2.46. The molecule has 0 amide bonds. The van der Waals surface area contributed by atoms with Gasteiger partial charge in [0.2, 0.25) is 5.78 Å². The molecule has 0 saturated carbocycles. The van der Waals surface area contributed by atoms with E-state index in [9.17, 15) is 4.79 Å². The smallest absolute Gasteiger partial charge is 0.231 e. The SMILES string of the molecule is CCOc1ccc2c(c1)O/C(=C/c1ccc(OC)cc1OC)C2=O. The zero-order valence-corrected chi connectivity index (χ0v) is 13.8. The van der Waals surface area contributed by atoms with Gasteiger partial charge < -0.3 is 18.9 Å². The Labute approximate surface area is 140 Å². The third kappa shape index (κ3) is 2.93. The fourth-order valence-corrected chi connectivity index (χ4v) is 2.50. The molecule has 124 valence electrons. The largest absolute Gasteiger partial charge is 0.497 e. The van der Waals surface area contributed by atoms with Crippen molar-refractivity contribution in [2.24, 2.45) is 0 Å². The lowest BCUT2D eigenvalue weighted by Crippen LogP contribution is -1.99. The maximum atomic E-state index is 12.5. The van der Waals surface area contributed by atoms with Crippen molar-refractivity contribution in [3.8, 4) is 23.0 Å². The molecule has 3 rings (SSSR count). The van der Waals surface area contributed by atoms with Gasteiger partial charge in [0.15, 0.2) is 5.76 Å². The number of allylic oxidation sites excluding steroid dienone is 1. The first-order chi connectivity index (χ1) is 11.7. The summed E-state index contributed by atoms with van der Waals surface area (Å²) in [4.78, 5) is 12.5. The molecule has 0 saturated heterocycles. The highest BCUT2D eigenvalue weighted by Gasteiger charge is 2.28. The monoisotopic (exact) mass is 326 g/mol. The van der Waals surface area contributed by atoms with E-state index in [1.165, 1.54) is 0 Å². The minimum absolute atomic E-state index is 0.161. The van der Waals surface area contributed by atoms with Gasteiger partial charge in [-0.25, -0.2) is 0 Å². The molecule has 1 heterocycles. The first-order valence-electron chi connectivity index (χ1n) is 7.59. The van der Waals surface area contributed by atoms with Crippen LogP contribution in [-0.4, -0.2) is 26.6 Å². The number of Topliss-reactive ketones (excluding diaryl/α,β-unsaturated/α-hetero) is 1. The molecular weight excluding hydrogens is 308 g/mol. The second kappa shape index (κ2) is 6.66. The second-order valence-electron chi connectivity index (χ2n) is 5.14. The highest BCUT2D eigenvalue weighted by Crippen LogP contribution is 2.36. The quantitative estimate of drug-likeness (QED) is 0.784. The van der Waals surface area contributed by atoms with Crippen LogP contribution in [0.3, 0.4) is 0 Å². The van der Waals surface area contributed by atoms with Crippen molar-refractivity contribution in [1.82, 2.24) is 0 Å². The molecule has 0 N–H and O–H groups in total. The summed E-state index contributed by atoms with van der Waals surface area (Å²) in [6.07, 6.45) is 1.67. The van der Waals surface area contributed by atoms with Gasteiger partial charge in [-0.1, -0.05) is 0 Å². The van der Waals surface area contributed by atoms with Crippen molar-refractivity contribution in [2.45, 2.75) is 6.92 Å². The molecule has 0 fully saturated rings. The maximum absolute atomic E-state index is 12.5. The van der Waals surface area contributed by atoms with Crippen LogP contribution < -0.4 is 18.9 Å². The maximum Gasteiger partial charge on any atom is 0.231 e. The van der Waals surface area contributed by atoms with E-state index in [2.05, 4.69) is 0 Å². The van der Waals surface area contributed by atoms with Gasteiger partial charge in [0.1, 0.15) is 23.0 Å². The minimum Gasteiger partial charge on any atom is -0.497 e. The molecule has 5 nitrogen and oxygen atoms in total. The van der Waals surface area contributed by atoms with Crippen LogP contribution in [0.2, 0.25) is 0 Å². The van der Waals surface area contributed by atoms with Gasteiger partial charge in [0, 0.05) is 17.7 Å². The van der Waals surface area contributed by atoms with Gasteiger partial charge in [-0.3, -0.25) is 4.79 Å². The summed E-state index contributed by atoms with van der Waals surface area (Å²) in [5.41, 5.74) is 1.26. The normalized spacial score (nSPS) is 14.3. The fourth-order valence-electron chi connectivity index (χ4n) is 2.50. The van der Waals surface area contributed by atoms with Crippen LogP contribution in [0.1, 0.15) is 22.8 Å². The highest BCUT2D eigenvalue weighted by atomic mass is 16.5. The topological polar surface area (TPSA) is 54.0 Å². The molecule has 0 bridgehead atoms. The van der Waals surface area contributed by atoms with Gasteiger partial charge in [-0.05, 0) is 37.3 Å². The number of carbonyl (C=O) groups excluding carboxylic acids is 1. The van der Waals surface area contributed by atoms with Crippen LogP contribution in [0, 0.1) is 0 Å². The molecule has 2 aromatic carbocycles. The lowest BCUT2D eigenvalue weighted by molar-refractivity contribution is 0.101. The number of fused-ring (bicyclic) bond motifs is 1. The molecule has 1 aliphatic heterocycles. The summed E-state index contributed by atoms with van der Waals surface area (Å²) in [5.74, 6) is 2.55. The Morgan fingerprint density at radius 2 is 1.83 bits per heavy atom. The number of ether oxygens (including phenoxy) is 4.